The van der Waals surface area contributed by atoms with Gasteiger partial charge in [0, 0.05) is 10.2 Å². The summed E-state index contributed by atoms with van der Waals surface area (Å²) >= 11 is 6.60. The zero-order valence-corrected chi connectivity index (χ0v) is 10.4. The fraction of sp³-hybridized carbons (Fsp3) is 0.100. The number of anilines is 1. The Morgan fingerprint density at radius 1 is 1.14 bits per heavy atom. The van der Waals surface area contributed by atoms with Crippen LogP contribution < -0.4 is 4.90 Å². The molecule has 4 heteroatoms. The van der Waals surface area contributed by atoms with Crippen LogP contribution in [0.4, 0.5) is 5.69 Å². The van der Waals surface area contributed by atoms with Gasteiger partial charge in [0.15, 0.2) is 0 Å². The van der Waals surface area contributed by atoms with Gasteiger partial charge in [-0.15, -0.1) is 0 Å². The molecule has 1 aliphatic rings. The Labute approximate surface area is 98.9 Å². The van der Waals surface area contributed by atoms with Crippen LogP contribution in [-0.4, -0.2) is 12.5 Å². The number of rotatable bonds is 1. The minimum Gasteiger partial charge on any atom is -0.303 e. The van der Waals surface area contributed by atoms with Gasteiger partial charge < -0.3 is 4.90 Å². The molecular weight excluding hydrogens is 310 g/mol. The standard InChI is InChI=1S/C10H7Br2NO/c11-8-6-13(10(14)9(8)12)7-4-2-1-3-5-7/h1-5H,6H2. The van der Waals surface area contributed by atoms with Gasteiger partial charge >= 0.3 is 0 Å². The monoisotopic (exact) mass is 315 g/mol. The molecule has 0 N–H and O–H groups in total. The van der Waals surface area contributed by atoms with E-state index in [0.29, 0.717) is 11.0 Å². The Morgan fingerprint density at radius 3 is 2.29 bits per heavy atom. The van der Waals surface area contributed by atoms with Gasteiger partial charge in [-0.05, 0) is 28.1 Å². The highest BCUT2D eigenvalue weighted by Gasteiger charge is 2.28. The molecule has 0 fully saturated rings. The quantitative estimate of drug-likeness (QED) is 0.780. The molecule has 1 heterocycles. The Bertz CT molecular complexity index is 400. The van der Waals surface area contributed by atoms with Gasteiger partial charge in [-0.25, -0.2) is 0 Å². The van der Waals surface area contributed by atoms with E-state index in [1.165, 1.54) is 0 Å². The first-order valence-electron chi connectivity index (χ1n) is 4.11. The summed E-state index contributed by atoms with van der Waals surface area (Å²) in [5.74, 6) is 0.00285. The number of para-hydroxylation sites is 1. The molecule has 0 saturated heterocycles. The first-order valence-corrected chi connectivity index (χ1v) is 5.70. The van der Waals surface area contributed by atoms with Crippen molar-refractivity contribution in [3.05, 3.63) is 39.3 Å². The van der Waals surface area contributed by atoms with Crippen LogP contribution >= 0.6 is 31.9 Å². The summed E-state index contributed by atoms with van der Waals surface area (Å²) < 4.78 is 1.51. The highest BCUT2D eigenvalue weighted by Crippen LogP contribution is 2.31. The Kier molecular flexibility index (Phi) is 2.74. The van der Waals surface area contributed by atoms with Crippen LogP contribution in [0.1, 0.15) is 0 Å². The molecule has 0 aliphatic carbocycles. The summed E-state index contributed by atoms with van der Waals surface area (Å²) in [5, 5.41) is 0. The van der Waals surface area contributed by atoms with Crippen LogP contribution in [0, 0.1) is 0 Å². The predicted octanol–water partition coefficient (Wildman–Crippen LogP) is 3.03. The van der Waals surface area contributed by atoms with Gasteiger partial charge in [-0.1, -0.05) is 34.1 Å². The molecule has 0 aromatic heterocycles. The lowest BCUT2D eigenvalue weighted by Crippen LogP contribution is -2.25. The summed E-state index contributed by atoms with van der Waals surface area (Å²) in [6.45, 7) is 0.601. The second kappa shape index (κ2) is 3.87. The van der Waals surface area contributed by atoms with E-state index in [2.05, 4.69) is 31.9 Å². The van der Waals surface area contributed by atoms with Crippen molar-refractivity contribution in [2.75, 3.05) is 11.4 Å². The average Bonchev–Trinajstić information content (AvgIpc) is 2.47. The number of halogens is 2. The lowest BCUT2D eigenvalue weighted by atomic mass is 10.3. The fourth-order valence-corrected chi connectivity index (χ4v) is 2.09. The fourth-order valence-electron chi connectivity index (χ4n) is 1.33. The van der Waals surface area contributed by atoms with E-state index < -0.39 is 0 Å². The third-order valence-electron chi connectivity index (χ3n) is 2.04. The number of hydrogen-bond acceptors (Lipinski definition) is 1. The number of amides is 1. The van der Waals surface area contributed by atoms with Gasteiger partial charge in [0.1, 0.15) is 0 Å². The second-order valence-corrected chi connectivity index (χ2v) is 4.70. The number of carbonyl (C=O) groups excluding carboxylic acids is 1. The van der Waals surface area contributed by atoms with Gasteiger partial charge in [0.05, 0.1) is 11.0 Å². The molecule has 1 amide bonds. The zero-order chi connectivity index (χ0) is 10.1. The Morgan fingerprint density at radius 2 is 1.79 bits per heavy atom. The number of hydrogen-bond donors (Lipinski definition) is 0. The maximum absolute atomic E-state index is 11.7. The summed E-state index contributed by atoms with van der Waals surface area (Å²) in [7, 11) is 0. The Balaban J connectivity index is 2.30. The highest BCUT2D eigenvalue weighted by atomic mass is 79.9. The van der Waals surface area contributed by atoms with E-state index in [9.17, 15) is 4.79 Å². The molecule has 0 spiro atoms. The topological polar surface area (TPSA) is 20.3 Å². The molecule has 0 atom stereocenters. The van der Waals surface area contributed by atoms with Crippen molar-refractivity contribution < 1.29 is 4.79 Å². The third-order valence-corrected chi connectivity index (χ3v) is 4.03. The molecule has 1 aromatic rings. The SMILES string of the molecule is O=C1C(Br)=C(Br)CN1c1ccccc1. The molecule has 1 aromatic carbocycles. The minimum absolute atomic E-state index is 0.00285. The molecule has 14 heavy (non-hydrogen) atoms. The molecule has 2 rings (SSSR count). The van der Waals surface area contributed by atoms with E-state index in [1.807, 2.05) is 30.3 Å². The summed E-state index contributed by atoms with van der Waals surface area (Å²) in [6, 6.07) is 9.61. The van der Waals surface area contributed by atoms with Crippen molar-refractivity contribution in [2.24, 2.45) is 0 Å². The molecule has 72 valence electrons. The average molecular weight is 317 g/mol. The molecular formula is C10H7Br2NO. The smallest absolute Gasteiger partial charge is 0.266 e. The largest absolute Gasteiger partial charge is 0.303 e. The predicted molar refractivity (Wildman–Crippen MR) is 63.7 cm³/mol. The Hall–Kier alpha value is -0.610. The maximum Gasteiger partial charge on any atom is 0.266 e. The van der Waals surface area contributed by atoms with Gasteiger partial charge in [0.25, 0.3) is 5.91 Å². The lowest BCUT2D eigenvalue weighted by Gasteiger charge is -2.15. The minimum atomic E-state index is 0.00285. The van der Waals surface area contributed by atoms with E-state index >= 15 is 0 Å². The zero-order valence-electron chi connectivity index (χ0n) is 7.21. The normalized spacial score (nSPS) is 16.7. The first-order chi connectivity index (χ1) is 6.70. The molecule has 1 aliphatic heterocycles. The summed E-state index contributed by atoms with van der Waals surface area (Å²) in [4.78, 5) is 13.4. The molecule has 0 radical (unpaired) electrons. The van der Waals surface area contributed by atoms with E-state index in [-0.39, 0.29) is 5.91 Å². The number of benzene rings is 1. The van der Waals surface area contributed by atoms with E-state index in [4.69, 9.17) is 0 Å². The van der Waals surface area contributed by atoms with Crippen molar-refractivity contribution in [1.82, 2.24) is 0 Å². The molecule has 0 unspecified atom stereocenters. The second-order valence-electron chi connectivity index (χ2n) is 2.95. The first kappa shape index (κ1) is 9.93. The van der Waals surface area contributed by atoms with Crippen LogP contribution in [0.2, 0.25) is 0 Å². The van der Waals surface area contributed by atoms with E-state index in [1.54, 1.807) is 4.90 Å². The van der Waals surface area contributed by atoms with Crippen molar-refractivity contribution in [2.45, 2.75) is 0 Å². The summed E-state index contributed by atoms with van der Waals surface area (Å²) in [5.41, 5.74) is 0.920. The van der Waals surface area contributed by atoms with Gasteiger partial charge in [-0.3, -0.25) is 4.79 Å². The van der Waals surface area contributed by atoms with Gasteiger partial charge in [0.2, 0.25) is 0 Å². The molecule has 0 saturated carbocycles. The maximum atomic E-state index is 11.7. The van der Waals surface area contributed by atoms with Crippen molar-refractivity contribution in [3.8, 4) is 0 Å². The third kappa shape index (κ3) is 1.64. The van der Waals surface area contributed by atoms with Crippen LogP contribution in [0.15, 0.2) is 39.3 Å². The van der Waals surface area contributed by atoms with Crippen LogP contribution in [0.3, 0.4) is 0 Å². The van der Waals surface area contributed by atoms with Crippen LogP contribution in [0.5, 0.6) is 0 Å². The molecule has 2 nitrogen and oxygen atoms in total. The van der Waals surface area contributed by atoms with Crippen molar-refractivity contribution in [1.29, 1.82) is 0 Å². The summed E-state index contributed by atoms with van der Waals surface area (Å²) in [6.07, 6.45) is 0. The number of nitrogens with zero attached hydrogens (tertiary/aromatic N) is 1. The lowest BCUT2D eigenvalue weighted by molar-refractivity contribution is -0.113. The highest BCUT2D eigenvalue weighted by molar-refractivity contribution is 9.14. The van der Waals surface area contributed by atoms with Gasteiger partial charge in [-0.2, -0.15) is 0 Å². The number of carbonyl (C=O) groups is 1. The van der Waals surface area contributed by atoms with Crippen molar-refractivity contribution >= 4 is 43.5 Å². The van der Waals surface area contributed by atoms with E-state index in [0.717, 1.165) is 10.2 Å². The van der Waals surface area contributed by atoms with Crippen LogP contribution in [-0.2, 0) is 4.79 Å². The molecule has 0 bridgehead atoms. The van der Waals surface area contributed by atoms with Crippen LogP contribution in [0.25, 0.3) is 0 Å². The van der Waals surface area contributed by atoms with Crippen molar-refractivity contribution in [3.63, 3.8) is 0 Å².